The Bertz CT molecular complexity index is 1190. The molecule has 1 unspecified atom stereocenters. The van der Waals surface area contributed by atoms with Crippen LogP contribution in [0.1, 0.15) is 12.5 Å². The summed E-state index contributed by atoms with van der Waals surface area (Å²) < 4.78 is 41.3. The number of anilines is 1. The number of hydrogen-bond acceptors (Lipinski definition) is 6. The molecule has 1 N–H and O–H groups in total. The molecule has 29 heavy (non-hydrogen) atoms. The highest BCUT2D eigenvalue weighted by Gasteiger charge is 2.32. The molecule has 0 aliphatic heterocycles. The molecule has 1 aromatic carbocycles. The van der Waals surface area contributed by atoms with Crippen LogP contribution in [0.4, 0.5) is 18.3 Å². The number of hydrogen-bond donors (Lipinski definition) is 1. The van der Waals surface area contributed by atoms with Crippen molar-refractivity contribution in [1.29, 1.82) is 0 Å². The molecule has 0 radical (unpaired) electrons. The number of thiazole rings is 1. The molecule has 3 heterocycles. The van der Waals surface area contributed by atoms with Crippen molar-refractivity contribution < 1.29 is 18.0 Å². The predicted octanol–water partition coefficient (Wildman–Crippen LogP) is 5.13. The fraction of sp³-hybridized carbons (Fsp3) is 0.176. The third-order valence-electron chi connectivity index (χ3n) is 3.93. The zero-order valence-electron chi connectivity index (χ0n) is 14.6. The normalized spacial score (nSPS) is 13.1. The zero-order valence-corrected chi connectivity index (χ0v) is 17.0. The van der Waals surface area contributed by atoms with E-state index in [9.17, 15) is 18.0 Å². The Hall–Kier alpha value is -2.37. The van der Waals surface area contributed by atoms with Gasteiger partial charge < -0.3 is 5.32 Å². The summed E-state index contributed by atoms with van der Waals surface area (Å²) in [6.45, 7) is 1.61. The number of carbonyl (C=O) groups is 1. The first kappa shape index (κ1) is 19.9. The monoisotopic (exact) mass is 457 g/mol. The minimum absolute atomic E-state index is 0.0842. The Morgan fingerprint density at radius 1 is 1.31 bits per heavy atom. The van der Waals surface area contributed by atoms with E-state index < -0.39 is 17.0 Å². The summed E-state index contributed by atoms with van der Waals surface area (Å²) in [6, 6.07) is 8.25. The highest BCUT2D eigenvalue weighted by Crippen LogP contribution is 2.34. The molecule has 0 aliphatic rings. The van der Waals surface area contributed by atoms with E-state index in [0.29, 0.717) is 5.13 Å². The first-order valence-electron chi connectivity index (χ1n) is 8.17. The van der Waals surface area contributed by atoms with E-state index in [2.05, 4.69) is 20.5 Å². The quantitative estimate of drug-likeness (QED) is 0.430. The van der Waals surface area contributed by atoms with Gasteiger partial charge in [-0.05, 0) is 25.1 Å². The number of benzene rings is 1. The molecule has 0 bridgehead atoms. The first-order chi connectivity index (χ1) is 13.7. The number of para-hydroxylation sites is 1. The van der Waals surface area contributed by atoms with Crippen LogP contribution in [0.25, 0.3) is 15.9 Å². The van der Waals surface area contributed by atoms with Gasteiger partial charge in [-0.15, -0.1) is 10.2 Å². The van der Waals surface area contributed by atoms with Crippen molar-refractivity contribution in [2.75, 3.05) is 5.32 Å². The van der Waals surface area contributed by atoms with Gasteiger partial charge in [-0.1, -0.05) is 46.8 Å². The first-order valence-corrected chi connectivity index (χ1v) is 10.2. The Balaban J connectivity index is 1.55. The molecule has 4 rings (SSSR count). The Kier molecular flexibility index (Phi) is 5.13. The second-order valence-corrected chi connectivity index (χ2v) is 8.73. The van der Waals surface area contributed by atoms with Crippen molar-refractivity contribution in [2.24, 2.45) is 0 Å². The lowest BCUT2D eigenvalue weighted by atomic mass is 10.3. The Morgan fingerprint density at radius 2 is 2.07 bits per heavy atom. The molecule has 0 fully saturated rings. The van der Waals surface area contributed by atoms with Crippen LogP contribution in [0.15, 0.2) is 41.7 Å². The molecule has 12 heteroatoms. The second kappa shape index (κ2) is 7.47. The SMILES string of the molecule is CC(Sc1nnc2c(Cl)cc(C(F)(F)F)cn12)C(=O)Nc1nc2ccccc2s1. The van der Waals surface area contributed by atoms with E-state index in [-0.39, 0.29) is 21.7 Å². The van der Waals surface area contributed by atoms with Crippen molar-refractivity contribution in [3.63, 3.8) is 0 Å². The number of carbonyl (C=O) groups excluding carboxylic acids is 1. The number of alkyl halides is 3. The Labute approximate surface area is 175 Å². The van der Waals surface area contributed by atoms with Crippen molar-refractivity contribution >= 4 is 61.6 Å². The predicted molar refractivity (Wildman–Crippen MR) is 107 cm³/mol. The van der Waals surface area contributed by atoms with E-state index in [0.717, 1.165) is 38.6 Å². The number of aromatic nitrogens is 4. The molecule has 1 amide bonds. The lowest BCUT2D eigenvalue weighted by Gasteiger charge is -2.11. The van der Waals surface area contributed by atoms with Gasteiger partial charge in [-0.25, -0.2) is 4.98 Å². The lowest BCUT2D eigenvalue weighted by Crippen LogP contribution is -2.22. The van der Waals surface area contributed by atoms with E-state index in [1.165, 1.54) is 11.3 Å². The maximum atomic E-state index is 13.1. The van der Waals surface area contributed by atoms with Gasteiger partial charge in [0.15, 0.2) is 15.9 Å². The van der Waals surface area contributed by atoms with Crippen LogP contribution in [0.3, 0.4) is 0 Å². The van der Waals surface area contributed by atoms with Gasteiger partial charge in [-0.2, -0.15) is 13.2 Å². The summed E-state index contributed by atoms with van der Waals surface area (Å²) in [5.74, 6) is -0.358. The molecular formula is C17H11ClF3N5OS2. The van der Waals surface area contributed by atoms with Crippen molar-refractivity contribution in [3.05, 3.63) is 47.1 Å². The lowest BCUT2D eigenvalue weighted by molar-refractivity contribution is -0.137. The summed E-state index contributed by atoms with van der Waals surface area (Å²) in [4.78, 5) is 16.8. The van der Waals surface area contributed by atoms with Crippen LogP contribution < -0.4 is 5.32 Å². The summed E-state index contributed by atoms with van der Waals surface area (Å²) >= 11 is 8.21. The molecule has 0 saturated carbocycles. The number of rotatable bonds is 4. The molecule has 0 spiro atoms. The van der Waals surface area contributed by atoms with Gasteiger partial charge >= 0.3 is 6.18 Å². The standard InChI is InChI=1S/C17H11ClF3N5OS2/c1-8(14(27)23-15-22-11-4-2-3-5-12(11)29-15)28-16-25-24-13-10(18)6-9(7-26(13)16)17(19,20)21/h2-8H,1H3,(H,22,23,27). The second-order valence-electron chi connectivity index (χ2n) is 5.99. The smallest absolute Gasteiger partial charge is 0.301 e. The molecule has 3 aromatic heterocycles. The number of nitrogens with one attached hydrogen (secondary N) is 1. The summed E-state index contributed by atoms with van der Waals surface area (Å²) in [5.41, 5.74) is -0.0740. The zero-order chi connectivity index (χ0) is 20.8. The third-order valence-corrected chi connectivity index (χ3v) is 6.22. The number of thioether (sulfide) groups is 1. The van der Waals surface area contributed by atoms with Crippen LogP contribution >= 0.6 is 34.7 Å². The topological polar surface area (TPSA) is 72.2 Å². The van der Waals surface area contributed by atoms with E-state index in [1.807, 2.05) is 24.3 Å². The number of pyridine rings is 1. The van der Waals surface area contributed by atoms with Crippen molar-refractivity contribution in [3.8, 4) is 0 Å². The van der Waals surface area contributed by atoms with Gasteiger partial charge in [0.05, 0.1) is 26.1 Å². The van der Waals surface area contributed by atoms with Crippen LogP contribution in [0.5, 0.6) is 0 Å². The average Bonchev–Trinajstić information content (AvgIpc) is 3.24. The highest BCUT2D eigenvalue weighted by atomic mass is 35.5. The number of fused-ring (bicyclic) bond motifs is 2. The fourth-order valence-electron chi connectivity index (χ4n) is 2.51. The number of amides is 1. The summed E-state index contributed by atoms with van der Waals surface area (Å²) in [5, 5.41) is 10.1. The van der Waals surface area contributed by atoms with Gasteiger partial charge in [0.25, 0.3) is 0 Å². The van der Waals surface area contributed by atoms with Crippen LogP contribution in [-0.2, 0) is 11.0 Å². The molecular weight excluding hydrogens is 447 g/mol. The van der Waals surface area contributed by atoms with E-state index in [4.69, 9.17) is 11.6 Å². The summed E-state index contributed by atoms with van der Waals surface area (Å²) in [6.07, 6.45) is -3.71. The largest absolute Gasteiger partial charge is 0.417 e. The van der Waals surface area contributed by atoms with Crippen LogP contribution in [-0.4, -0.2) is 30.7 Å². The van der Waals surface area contributed by atoms with Crippen molar-refractivity contribution in [2.45, 2.75) is 23.5 Å². The number of nitrogens with zero attached hydrogens (tertiary/aromatic N) is 4. The average molecular weight is 458 g/mol. The maximum Gasteiger partial charge on any atom is 0.417 e. The fourth-order valence-corrected chi connectivity index (χ4v) is 4.45. The van der Waals surface area contributed by atoms with E-state index >= 15 is 0 Å². The van der Waals surface area contributed by atoms with Gasteiger partial charge in [-0.3, -0.25) is 9.20 Å². The highest BCUT2D eigenvalue weighted by molar-refractivity contribution is 8.00. The van der Waals surface area contributed by atoms with Crippen molar-refractivity contribution in [1.82, 2.24) is 19.6 Å². The molecule has 150 valence electrons. The van der Waals surface area contributed by atoms with Gasteiger partial charge in [0, 0.05) is 6.20 Å². The molecule has 0 aliphatic carbocycles. The minimum atomic E-state index is -4.57. The molecule has 4 aromatic rings. The summed E-state index contributed by atoms with van der Waals surface area (Å²) in [7, 11) is 0. The number of halogens is 4. The molecule has 1 atom stereocenters. The Morgan fingerprint density at radius 3 is 2.79 bits per heavy atom. The van der Waals surface area contributed by atoms with Gasteiger partial charge in [0.1, 0.15) is 0 Å². The molecule has 6 nitrogen and oxygen atoms in total. The molecule has 0 saturated heterocycles. The van der Waals surface area contributed by atoms with E-state index in [1.54, 1.807) is 6.92 Å². The van der Waals surface area contributed by atoms with Gasteiger partial charge in [0.2, 0.25) is 5.91 Å². The third kappa shape index (κ3) is 4.02. The minimum Gasteiger partial charge on any atom is -0.301 e. The maximum absolute atomic E-state index is 13.1. The van der Waals surface area contributed by atoms with Crippen LogP contribution in [0.2, 0.25) is 5.02 Å². The van der Waals surface area contributed by atoms with Crippen LogP contribution in [0, 0.1) is 0 Å².